The van der Waals surface area contributed by atoms with Gasteiger partial charge in [-0.1, -0.05) is 25.1 Å². The summed E-state index contributed by atoms with van der Waals surface area (Å²) < 4.78 is 5.70. The molecule has 1 unspecified atom stereocenters. The first-order chi connectivity index (χ1) is 12.5. The van der Waals surface area contributed by atoms with E-state index >= 15 is 0 Å². The SMILES string of the molecule is CCC1Oc2ccc(C=O)cc2N(CC(=O)Nc2ccccc2C)C1=O. The van der Waals surface area contributed by atoms with Crippen molar-refractivity contribution in [3.05, 3.63) is 53.6 Å². The molecule has 1 aliphatic rings. The van der Waals surface area contributed by atoms with E-state index in [1.807, 2.05) is 38.1 Å². The van der Waals surface area contributed by atoms with E-state index in [4.69, 9.17) is 4.74 Å². The lowest BCUT2D eigenvalue weighted by atomic mass is 10.1. The van der Waals surface area contributed by atoms with Crippen molar-refractivity contribution in [1.29, 1.82) is 0 Å². The summed E-state index contributed by atoms with van der Waals surface area (Å²) in [6.07, 6.45) is 0.544. The molecule has 0 saturated heterocycles. The van der Waals surface area contributed by atoms with Crippen LogP contribution in [0.1, 0.15) is 29.3 Å². The fourth-order valence-electron chi connectivity index (χ4n) is 2.88. The Morgan fingerprint density at radius 3 is 2.73 bits per heavy atom. The predicted octanol–water partition coefficient (Wildman–Crippen LogP) is 2.95. The van der Waals surface area contributed by atoms with Crippen LogP contribution in [-0.4, -0.2) is 30.7 Å². The van der Waals surface area contributed by atoms with Crippen LogP contribution in [0.5, 0.6) is 5.75 Å². The molecule has 1 N–H and O–H groups in total. The van der Waals surface area contributed by atoms with E-state index in [2.05, 4.69) is 5.32 Å². The summed E-state index contributed by atoms with van der Waals surface area (Å²) in [4.78, 5) is 37.7. The largest absolute Gasteiger partial charge is 0.478 e. The molecular formula is C20H20N2O4. The normalized spacial score (nSPS) is 15.8. The van der Waals surface area contributed by atoms with Crippen LogP contribution in [0.4, 0.5) is 11.4 Å². The molecule has 0 aromatic heterocycles. The number of aryl methyl sites for hydroxylation is 1. The molecule has 1 aliphatic heterocycles. The maximum Gasteiger partial charge on any atom is 0.268 e. The van der Waals surface area contributed by atoms with Crippen LogP contribution in [0, 0.1) is 6.92 Å². The lowest BCUT2D eigenvalue weighted by Gasteiger charge is -2.33. The number of para-hydroxylation sites is 1. The molecule has 2 amide bonds. The molecule has 0 spiro atoms. The smallest absolute Gasteiger partial charge is 0.268 e. The van der Waals surface area contributed by atoms with E-state index in [1.54, 1.807) is 18.2 Å². The van der Waals surface area contributed by atoms with Crippen molar-refractivity contribution in [2.75, 3.05) is 16.8 Å². The van der Waals surface area contributed by atoms with Crippen LogP contribution in [0.25, 0.3) is 0 Å². The first-order valence-electron chi connectivity index (χ1n) is 8.46. The molecule has 2 aromatic rings. The van der Waals surface area contributed by atoms with E-state index in [9.17, 15) is 14.4 Å². The second kappa shape index (κ2) is 7.39. The number of carbonyl (C=O) groups excluding carboxylic acids is 3. The molecule has 0 bridgehead atoms. The second-order valence-electron chi connectivity index (χ2n) is 6.15. The number of benzene rings is 2. The Balaban J connectivity index is 1.87. The van der Waals surface area contributed by atoms with Gasteiger partial charge in [0.25, 0.3) is 5.91 Å². The zero-order valence-electron chi connectivity index (χ0n) is 14.7. The van der Waals surface area contributed by atoms with E-state index in [1.165, 1.54) is 4.90 Å². The van der Waals surface area contributed by atoms with Crippen molar-refractivity contribution in [3.8, 4) is 5.75 Å². The van der Waals surface area contributed by atoms with Gasteiger partial charge >= 0.3 is 0 Å². The number of ether oxygens (including phenoxy) is 1. The van der Waals surface area contributed by atoms with Gasteiger partial charge in [-0.05, 0) is 43.2 Å². The molecule has 6 heteroatoms. The Kier molecular flexibility index (Phi) is 5.02. The molecule has 134 valence electrons. The summed E-state index contributed by atoms with van der Waals surface area (Å²) in [5, 5.41) is 2.83. The highest BCUT2D eigenvalue weighted by Crippen LogP contribution is 2.35. The Labute approximate surface area is 151 Å². The zero-order valence-corrected chi connectivity index (χ0v) is 14.7. The Hall–Kier alpha value is -3.15. The first-order valence-corrected chi connectivity index (χ1v) is 8.46. The minimum absolute atomic E-state index is 0.150. The van der Waals surface area contributed by atoms with Gasteiger partial charge < -0.3 is 10.1 Å². The van der Waals surface area contributed by atoms with Crippen molar-refractivity contribution < 1.29 is 19.1 Å². The molecule has 0 aliphatic carbocycles. The van der Waals surface area contributed by atoms with Gasteiger partial charge in [0.15, 0.2) is 6.10 Å². The van der Waals surface area contributed by atoms with Gasteiger partial charge in [0.2, 0.25) is 5.91 Å². The molecule has 0 fully saturated rings. The summed E-state index contributed by atoms with van der Waals surface area (Å²) in [7, 11) is 0. The molecular weight excluding hydrogens is 332 g/mol. The van der Waals surface area contributed by atoms with E-state index in [-0.39, 0.29) is 18.4 Å². The first kappa shape index (κ1) is 17.7. The Morgan fingerprint density at radius 2 is 2.04 bits per heavy atom. The fraction of sp³-hybridized carbons (Fsp3) is 0.250. The lowest BCUT2D eigenvalue weighted by molar-refractivity contribution is -0.128. The minimum atomic E-state index is -0.643. The molecule has 1 heterocycles. The van der Waals surface area contributed by atoms with Gasteiger partial charge in [-0.2, -0.15) is 0 Å². The highest BCUT2D eigenvalue weighted by molar-refractivity contribution is 6.06. The average molecular weight is 352 g/mol. The second-order valence-corrected chi connectivity index (χ2v) is 6.15. The molecule has 2 aromatic carbocycles. The van der Waals surface area contributed by atoms with E-state index < -0.39 is 6.10 Å². The summed E-state index contributed by atoms with van der Waals surface area (Å²) >= 11 is 0. The number of fused-ring (bicyclic) bond motifs is 1. The third-order valence-corrected chi connectivity index (χ3v) is 4.31. The monoisotopic (exact) mass is 352 g/mol. The number of carbonyl (C=O) groups is 3. The number of amides is 2. The highest BCUT2D eigenvalue weighted by atomic mass is 16.5. The highest BCUT2D eigenvalue weighted by Gasteiger charge is 2.34. The quantitative estimate of drug-likeness (QED) is 0.840. The Bertz CT molecular complexity index is 863. The van der Waals surface area contributed by atoms with Gasteiger partial charge in [-0.25, -0.2) is 0 Å². The molecule has 0 radical (unpaired) electrons. The number of rotatable bonds is 5. The third-order valence-electron chi connectivity index (χ3n) is 4.31. The molecule has 6 nitrogen and oxygen atoms in total. The predicted molar refractivity (Wildman–Crippen MR) is 98.7 cm³/mol. The third kappa shape index (κ3) is 3.44. The molecule has 1 atom stereocenters. The summed E-state index contributed by atoms with van der Waals surface area (Å²) in [6.45, 7) is 3.59. The topological polar surface area (TPSA) is 75.7 Å². The lowest BCUT2D eigenvalue weighted by Crippen LogP contribution is -2.48. The van der Waals surface area contributed by atoms with E-state index in [0.717, 1.165) is 5.56 Å². The number of hydrogen-bond donors (Lipinski definition) is 1. The maximum atomic E-state index is 12.7. The van der Waals surface area contributed by atoms with E-state index in [0.29, 0.717) is 35.4 Å². The summed E-state index contributed by atoms with van der Waals surface area (Å²) in [5.41, 5.74) is 2.49. The van der Waals surface area contributed by atoms with Crippen molar-refractivity contribution in [2.45, 2.75) is 26.4 Å². The van der Waals surface area contributed by atoms with Gasteiger partial charge in [-0.3, -0.25) is 19.3 Å². The standard InChI is InChI=1S/C20H20N2O4/c1-3-17-20(25)22(16-10-14(12-23)8-9-18(16)26-17)11-19(24)21-15-7-5-4-6-13(15)2/h4-10,12,17H,3,11H2,1-2H3,(H,21,24). The molecule has 3 rings (SSSR count). The van der Waals surface area contributed by atoms with Crippen LogP contribution in [0.2, 0.25) is 0 Å². The van der Waals surface area contributed by atoms with Crippen LogP contribution < -0.4 is 15.0 Å². The minimum Gasteiger partial charge on any atom is -0.478 e. The van der Waals surface area contributed by atoms with Crippen LogP contribution in [0.15, 0.2) is 42.5 Å². The number of nitrogens with zero attached hydrogens (tertiary/aromatic N) is 1. The number of hydrogen-bond acceptors (Lipinski definition) is 4. The van der Waals surface area contributed by atoms with Crippen molar-refractivity contribution in [2.24, 2.45) is 0 Å². The summed E-state index contributed by atoms with van der Waals surface area (Å²) in [5.74, 6) is -0.111. The average Bonchev–Trinajstić information content (AvgIpc) is 2.65. The van der Waals surface area contributed by atoms with Gasteiger partial charge in [-0.15, -0.1) is 0 Å². The van der Waals surface area contributed by atoms with Crippen molar-refractivity contribution in [3.63, 3.8) is 0 Å². The van der Waals surface area contributed by atoms with Crippen LogP contribution >= 0.6 is 0 Å². The van der Waals surface area contributed by atoms with Gasteiger partial charge in [0.05, 0.1) is 5.69 Å². The van der Waals surface area contributed by atoms with Crippen LogP contribution in [-0.2, 0) is 9.59 Å². The fourth-order valence-corrected chi connectivity index (χ4v) is 2.88. The maximum absolute atomic E-state index is 12.7. The van der Waals surface area contributed by atoms with Gasteiger partial charge in [0, 0.05) is 11.3 Å². The molecule has 0 saturated carbocycles. The number of nitrogens with one attached hydrogen (secondary N) is 1. The van der Waals surface area contributed by atoms with Crippen molar-refractivity contribution in [1.82, 2.24) is 0 Å². The molecule has 26 heavy (non-hydrogen) atoms. The Morgan fingerprint density at radius 1 is 1.27 bits per heavy atom. The van der Waals surface area contributed by atoms with Crippen LogP contribution in [0.3, 0.4) is 0 Å². The number of aldehydes is 1. The van der Waals surface area contributed by atoms with Gasteiger partial charge in [0.1, 0.15) is 18.6 Å². The van der Waals surface area contributed by atoms with Crippen molar-refractivity contribution >= 4 is 29.5 Å². The number of anilines is 2. The zero-order chi connectivity index (χ0) is 18.7. The summed E-state index contributed by atoms with van der Waals surface area (Å²) in [6, 6.07) is 12.3.